The number of aliphatic carboxylic acids is 1. The van der Waals surface area contributed by atoms with E-state index in [1.165, 1.54) is 4.68 Å². The molecule has 9 heteroatoms. The lowest BCUT2D eigenvalue weighted by Gasteiger charge is -2.19. The van der Waals surface area contributed by atoms with E-state index in [1.807, 2.05) is 6.92 Å². The zero-order valence-electron chi connectivity index (χ0n) is 15.3. The Morgan fingerprint density at radius 2 is 2.04 bits per heavy atom. The van der Waals surface area contributed by atoms with Gasteiger partial charge in [-0.15, -0.1) is 5.10 Å². The zero-order chi connectivity index (χ0) is 19.4. The average Bonchev–Trinajstić information content (AvgIpc) is 3.05. The van der Waals surface area contributed by atoms with E-state index in [4.69, 9.17) is 9.47 Å². The summed E-state index contributed by atoms with van der Waals surface area (Å²) in [6.45, 7) is 4.63. The minimum absolute atomic E-state index is 0.0904. The summed E-state index contributed by atoms with van der Waals surface area (Å²) in [6, 6.07) is 4.38. The third kappa shape index (κ3) is 4.02. The lowest BCUT2D eigenvalue weighted by Crippen LogP contribution is -2.41. The molecule has 1 unspecified atom stereocenters. The summed E-state index contributed by atoms with van der Waals surface area (Å²) in [6.07, 6.45) is 1.92. The van der Waals surface area contributed by atoms with E-state index >= 15 is 0 Å². The van der Waals surface area contributed by atoms with Gasteiger partial charge < -0.3 is 19.9 Å². The topological polar surface area (TPSA) is 116 Å². The van der Waals surface area contributed by atoms with Crippen LogP contribution in [0.5, 0.6) is 11.5 Å². The Kier molecular flexibility index (Phi) is 5.58. The molecule has 1 aromatic heterocycles. The number of carbonyl (C=O) groups excluding carboxylic acids is 1. The van der Waals surface area contributed by atoms with Crippen LogP contribution in [-0.2, 0) is 4.79 Å². The molecule has 0 saturated carbocycles. The molecule has 1 aliphatic rings. The molecule has 27 heavy (non-hydrogen) atoms. The Morgan fingerprint density at radius 1 is 1.30 bits per heavy atom. The van der Waals surface area contributed by atoms with E-state index in [-0.39, 0.29) is 5.69 Å². The second kappa shape index (κ2) is 8.07. The third-order valence-corrected chi connectivity index (χ3v) is 4.33. The van der Waals surface area contributed by atoms with Gasteiger partial charge in [-0.05, 0) is 25.5 Å². The van der Waals surface area contributed by atoms with E-state index in [2.05, 4.69) is 15.6 Å². The highest BCUT2D eigenvalue weighted by Crippen LogP contribution is 2.32. The smallest absolute Gasteiger partial charge is 0.326 e. The van der Waals surface area contributed by atoms with Crippen molar-refractivity contribution >= 4 is 11.9 Å². The first-order valence-corrected chi connectivity index (χ1v) is 8.87. The van der Waals surface area contributed by atoms with Crippen LogP contribution in [-0.4, -0.2) is 51.2 Å². The molecule has 1 atom stereocenters. The van der Waals surface area contributed by atoms with Crippen molar-refractivity contribution in [2.45, 2.75) is 39.2 Å². The molecule has 0 radical (unpaired) electrons. The number of hydrogen-bond acceptors (Lipinski definition) is 6. The SMILES string of the molecule is CCCCC(NC(=O)c1nnn(-c2ccc3c(c2)OCCO3)c1C)C(=O)O. The highest BCUT2D eigenvalue weighted by Gasteiger charge is 2.24. The molecular formula is C18H22N4O5. The summed E-state index contributed by atoms with van der Waals surface area (Å²) in [7, 11) is 0. The lowest BCUT2D eigenvalue weighted by molar-refractivity contribution is -0.139. The van der Waals surface area contributed by atoms with Gasteiger partial charge in [-0.3, -0.25) is 4.79 Å². The van der Waals surface area contributed by atoms with Crippen LogP contribution < -0.4 is 14.8 Å². The van der Waals surface area contributed by atoms with Crippen LogP contribution in [0.25, 0.3) is 5.69 Å². The lowest BCUT2D eigenvalue weighted by atomic mass is 10.1. The van der Waals surface area contributed by atoms with Gasteiger partial charge >= 0.3 is 5.97 Å². The summed E-state index contributed by atoms with van der Waals surface area (Å²) in [5.74, 6) is -0.361. The maximum atomic E-state index is 12.5. The molecule has 9 nitrogen and oxygen atoms in total. The Morgan fingerprint density at radius 3 is 2.74 bits per heavy atom. The third-order valence-electron chi connectivity index (χ3n) is 4.33. The molecule has 0 bridgehead atoms. The fourth-order valence-corrected chi connectivity index (χ4v) is 2.84. The monoisotopic (exact) mass is 374 g/mol. The van der Waals surface area contributed by atoms with Crippen molar-refractivity contribution in [1.82, 2.24) is 20.3 Å². The van der Waals surface area contributed by atoms with Crippen LogP contribution in [0.15, 0.2) is 18.2 Å². The molecule has 2 aromatic rings. The molecule has 0 fully saturated rings. The van der Waals surface area contributed by atoms with Gasteiger partial charge in [0.1, 0.15) is 19.3 Å². The maximum absolute atomic E-state index is 12.5. The summed E-state index contributed by atoms with van der Waals surface area (Å²) in [4.78, 5) is 23.8. The molecule has 144 valence electrons. The van der Waals surface area contributed by atoms with Gasteiger partial charge in [0, 0.05) is 6.07 Å². The van der Waals surface area contributed by atoms with Crippen LogP contribution in [0.1, 0.15) is 42.4 Å². The second-order valence-corrected chi connectivity index (χ2v) is 6.27. The highest BCUT2D eigenvalue weighted by molar-refractivity contribution is 5.95. The van der Waals surface area contributed by atoms with Gasteiger partial charge in [0.15, 0.2) is 17.2 Å². The summed E-state index contributed by atoms with van der Waals surface area (Å²) < 4.78 is 12.6. The quantitative estimate of drug-likeness (QED) is 0.758. The van der Waals surface area contributed by atoms with E-state index in [0.717, 1.165) is 6.42 Å². The first-order valence-electron chi connectivity index (χ1n) is 8.87. The Bertz CT molecular complexity index is 848. The Hall–Kier alpha value is -3.10. The molecule has 3 rings (SSSR count). The number of carbonyl (C=O) groups is 2. The number of benzene rings is 1. The number of hydrogen-bond donors (Lipinski definition) is 2. The minimum atomic E-state index is -1.06. The van der Waals surface area contributed by atoms with Crippen molar-refractivity contribution in [3.63, 3.8) is 0 Å². The van der Waals surface area contributed by atoms with E-state index in [0.29, 0.717) is 48.9 Å². The van der Waals surface area contributed by atoms with Gasteiger partial charge in [0.2, 0.25) is 0 Å². The number of unbranched alkanes of at least 4 members (excludes halogenated alkanes) is 1. The first kappa shape index (κ1) is 18.7. The normalized spacial score (nSPS) is 13.9. The first-order chi connectivity index (χ1) is 13.0. The largest absolute Gasteiger partial charge is 0.486 e. The van der Waals surface area contributed by atoms with Crippen molar-refractivity contribution in [3.05, 3.63) is 29.6 Å². The maximum Gasteiger partial charge on any atom is 0.326 e. The van der Waals surface area contributed by atoms with E-state index < -0.39 is 17.9 Å². The molecular weight excluding hydrogens is 352 g/mol. The molecule has 1 aromatic carbocycles. The number of carboxylic acids is 1. The van der Waals surface area contributed by atoms with Crippen LogP contribution in [0.4, 0.5) is 0 Å². The standard InChI is InChI=1S/C18H22N4O5/c1-3-4-5-13(18(24)25)19-17(23)16-11(2)22(21-20-16)12-6-7-14-15(10-12)27-9-8-26-14/h6-7,10,13H,3-5,8-9H2,1-2H3,(H,19,23)(H,24,25). The van der Waals surface area contributed by atoms with E-state index in [1.54, 1.807) is 25.1 Å². The van der Waals surface area contributed by atoms with Crippen molar-refractivity contribution in [2.75, 3.05) is 13.2 Å². The summed E-state index contributed by atoms with van der Waals surface area (Å²) >= 11 is 0. The van der Waals surface area contributed by atoms with Gasteiger partial charge in [-0.2, -0.15) is 0 Å². The summed E-state index contributed by atoms with van der Waals surface area (Å²) in [5.41, 5.74) is 1.26. The van der Waals surface area contributed by atoms with Gasteiger partial charge in [-0.25, -0.2) is 9.48 Å². The Labute approximate surface area is 156 Å². The highest BCUT2D eigenvalue weighted by atomic mass is 16.6. The summed E-state index contributed by atoms with van der Waals surface area (Å²) in [5, 5.41) is 19.8. The predicted octanol–water partition coefficient (Wildman–Crippen LogP) is 1.72. The molecule has 1 aliphatic heterocycles. The fourth-order valence-electron chi connectivity index (χ4n) is 2.84. The molecule has 2 N–H and O–H groups in total. The predicted molar refractivity (Wildman–Crippen MR) is 95.5 cm³/mol. The van der Waals surface area contributed by atoms with Crippen LogP contribution in [0.3, 0.4) is 0 Å². The number of carboxylic acid groups (broad SMARTS) is 1. The Balaban J connectivity index is 1.80. The minimum Gasteiger partial charge on any atom is -0.486 e. The van der Waals surface area contributed by atoms with Crippen molar-refractivity contribution in [2.24, 2.45) is 0 Å². The number of ether oxygens (including phenoxy) is 2. The van der Waals surface area contributed by atoms with Gasteiger partial charge in [0.25, 0.3) is 5.91 Å². The molecule has 0 saturated heterocycles. The van der Waals surface area contributed by atoms with Crippen molar-refractivity contribution < 1.29 is 24.2 Å². The zero-order valence-corrected chi connectivity index (χ0v) is 15.3. The van der Waals surface area contributed by atoms with Crippen molar-refractivity contribution in [3.8, 4) is 17.2 Å². The molecule has 1 amide bonds. The van der Waals surface area contributed by atoms with E-state index in [9.17, 15) is 14.7 Å². The average molecular weight is 374 g/mol. The fraction of sp³-hybridized carbons (Fsp3) is 0.444. The van der Waals surface area contributed by atoms with Gasteiger partial charge in [-0.1, -0.05) is 25.0 Å². The number of amides is 1. The number of aromatic nitrogens is 3. The van der Waals surface area contributed by atoms with Crippen LogP contribution in [0.2, 0.25) is 0 Å². The molecule has 2 heterocycles. The van der Waals surface area contributed by atoms with Gasteiger partial charge in [0.05, 0.1) is 11.4 Å². The number of fused-ring (bicyclic) bond motifs is 1. The van der Waals surface area contributed by atoms with Crippen LogP contribution in [0, 0.1) is 6.92 Å². The second-order valence-electron chi connectivity index (χ2n) is 6.27. The van der Waals surface area contributed by atoms with Crippen LogP contribution >= 0.6 is 0 Å². The molecule has 0 spiro atoms. The number of nitrogens with one attached hydrogen (secondary N) is 1. The number of nitrogens with zero attached hydrogens (tertiary/aromatic N) is 3. The number of rotatable bonds is 7. The van der Waals surface area contributed by atoms with Crippen molar-refractivity contribution in [1.29, 1.82) is 0 Å². The molecule has 0 aliphatic carbocycles.